The van der Waals surface area contributed by atoms with Crippen molar-refractivity contribution < 1.29 is 0 Å². The van der Waals surface area contributed by atoms with Crippen LogP contribution in [0, 0.1) is 0 Å². The number of halogens is 2. The minimum Gasteiger partial charge on any atom is -0.146 e. The Morgan fingerprint density at radius 3 is 2.00 bits per heavy atom. The highest BCUT2D eigenvalue weighted by atomic mass is 35.5. The van der Waals surface area contributed by atoms with Crippen LogP contribution in [-0.2, 0) is 0 Å². The summed E-state index contributed by atoms with van der Waals surface area (Å²) in [6.45, 7) is 2.23. The standard InChI is InChI=1S/C9H18Cl2S2/c1-2-3-4-9(12-7-5-10)13-8-6-11/h9H,2-8H2,1H3. The maximum absolute atomic E-state index is 5.66. The molecule has 0 bridgehead atoms. The molecule has 13 heavy (non-hydrogen) atoms. The maximum atomic E-state index is 5.66. The van der Waals surface area contributed by atoms with Gasteiger partial charge in [-0.15, -0.1) is 46.7 Å². The molecule has 0 aliphatic heterocycles. The molecule has 0 saturated heterocycles. The molecule has 0 unspecified atom stereocenters. The normalized spacial score (nSPS) is 11.1. The zero-order valence-electron chi connectivity index (χ0n) is 8.10. The second-order valence-electron chi connectivity index (χ2n) is 2.69. The van der Waals surface area contributed by atoms with Crippen LogP contribution < -0.4 is 0 Å². The Morgan fingerprint density at radius 2 is 1.62 bits per heavy atom. The zero-order chi connectivity index (χ0) is 9.94. The van der Waals surface area contributed by atoms with Crippen molar-refractivity contribution >= 4 is 46.7 Å². The summed E-state index contributed by atoms with van der Waals surface area (Å²) in [4.78, 5) is 0. The molecule has 4 heteroatoms. The van der Waals surface area contributed by atoms with E-state index in [-0.39, 0.29) is 0 Å². The van der Waals surface area contributed by atoms with Crippen molar-refractivity contribution in [1.29, 1.82) is 0 Å². The van der Waals surface area contributed by atoms with Gasteiger partial charge in [0.25, 0.3) is 0 Å². The van der Waals surface area contributed by atoms with Crippen molar-refractivity contribution in [2.45, 2.75) is 30.8 Å². The quantitative estimate of drug-likeness (QED) is 0.444. The zero-order valence-corrected chi connectivity index (χ0v) is 11.2. The van der Waals surface area contributed by atoms with Crippen LogP contribution in [0.3, 0.4) is 0 Å². The average Bonchev–Trinajstić information content (AvgIpc) is 2.17. The molecule has 0 heterocycles. The molecule has 0 fully saturated rings. The van der Waals surface area contributed by atoms with Crippen molar-refractivity contribution in [1.82, 2.24) is 0 Å². The minimum atomic E-state index is 0.706. The Morgan fingerprint density at radius 1 is 1.08 bits per heavy atom. The Balaban J connectivity index is 3.47. The highest BCUT2D eigenvalue weighted by molar-refractivity contribution is 8.17. The highest BCUT2D eigenvalue weighted by Crippen LogP contribution is 2.28. The number of hydrogen-bond acceptors (Lipinski definition) is 2. The third-order valence-electron chi connectivity index (χ3n) is 1.56. The molecular formula is C9H18Cl2S2. The van der Waals surface area contributed by atoms with Crippen molar-refractivity contribution in [3.63, 3.8) is 0 Å². The minimum absolute atomic E-state index is 0.706. The number of thioether (sulfide) groups is 2. The monoisotopic (exact) mass is 260 g/mol. The summed E-state index contributed by atoms with van der Waals surface area (Å²) in [5, 5.41) is 0. The van der Waals surface area contributed by atoms with Crippen LogP contribution >= 0.6 is 46.7 Å². The van der Waals surface area contributed by atoms with Gasteiger partial charge in [0.2, 0.25) is 0 Å². The van der Waals surface area contributed by atoms with Gasteiger partial charge in [0, 0.05) is 23.3 Å². The van der Waals surface area contributed by atoms with Gasteiger partial charge in [-0.05, 0) is 6.42 Å². The molecule has 0 aliphatic rings. The Labute approximate surface area is 101 Å². The van der Waals surface area contributed by atoms with Crippen LogP contribution in [0.1, 0.15) is 26.2 Å². The molecule has 0 atom stereocenters. The Bertz CT molecular complexity index is 82.6. The molecule has 0 radical (unpaired) electrons. The first-order chi connectivity index (χ1) is 6.35. The fourth-order valence-corrected chi connectivity index (χ4v) is 3.80. The number of unbranched alkanes of at least 4 members (excludes halogenated alkanes) is 1. The van der Waals surface area contributed by atoms with Gasteiger partial charge in [0.05, 0.1) is 4.58 Å². The average molecular weight is 261 g/mol. The van der Waals surface area contributed by atoms with E-state index in [0.717, 1.165) is 23.3 Å². The number of rotatable bonds is 9. The highest BCUT2D eigenvalue weighted by Gasteiger charge is 2.07. The first-order valence-corrected chi connectivity index (χ1v) is 7.87. The fourth-order valence-electron chi connectivity index (χ4n) is 0.938. The van der Waals surface area contributed by atoms with E-state index in [2.05, 4.69) is 6.92 Å². The van der Waals surface area contributed by atoms with Gasteiger partial charge in [-0.1, -0.05) is 19.8 Å². The van der Waals surface area contributed by atoms with Crippen LogP contribution in [0.15, 0.2) is 0 Å². The first kappa shape index (κ1) is 14.3. The summed E-state index contributed by atoms with van der Waals surface area (Å²) in [7, 11) is 0. The van der Waals surface area contributed by atoms with Gasteiger partial charge in [-0.25, -0.2) is 0 Å². The molecule has 0 aromatic carbocycles. The van der Waals surface area contributed by atoms with Gasteiger partial charge in [0.15, 0.2) is 0 Å². The third-order valence-corrected chi connectivity index (χ3v) is 5.29. The second kappa shape index (κ2) is 11.4. The molecule has 0 aliphatic carbocycles. The lowest BCUT2D eigenvalue weighted by atomic mass is 10.3. The van der Waals surface area contributed by atoms with Crippen molar-refractivity contribution in [3.8, 4) is 0 Å². The van der Waals surface area contributed by atoms with E-state index in [1.807, 2.05) is 23.5 Å². The van der Waals surface area contributed by atoms with E-state index in [1.165, 1.54) is 19.3 Å². The molecule has 0 nitrogen and oxygen atoms in total. The third kappa shape index (κ3) is 9.58. The summed E-state index contributed by atoms with van der Waals surface area (Å²) < 4.78 is 0.706. The van der Waals surface area contributed by atoms with E-state index in [4.69, 9.17) is 23.2 Å². The van der Waals surface area contributed by atoms with Crippen LogP contribution in [-0.4, -0.2) is 27.8 Å². The number of hydrogen-bond donors (Lipinski definition) is 0. The van der Waals surface area contributed by atoms with Crippen LogP contribution in [0.4, 0.5) is 0 Å². The summed E-state index contributed by atoms with van der Waals surface area (Å²) in [6.07, 6.45) is 3.88. The summed E-state index contributed by atoms with van der Waals surface area (Å²) in [5.41, 5.74) is 0. The van der Waals surface area contributed by atoms with Crippen LogP contribution in [0.25, 0.3) is 0 Å². The van der Waals surface area contributed by atoms with Gasteiger partial charge < -0.3 is 0 Å². The van der Waals surface area contributed by atoms with Crippen LogP contribution in [0.2, 0.25) is 0 Å². The molecule has 0 amide bonds. The van der Waals surface area contributed by atoms with E-state index in [1.54, 1.807) is 0 Å². The molecule has 0 spiro atoms. The molecule has 0 aromatic rings. The lowest BCUT2D eigenvalue weighted by Gasteiger charge is -2.14. The molecule has 0 saturated carbocycles. The molecule has 80 valence electrons. The Kier molecular flexibility index (Phi) is 12.5. The lowest BCUT2D eigenvalue weighted by Crippen LogP contribution is -2.01. The van der Waals surface area contributed by atoms with Crippen molar-refractivity contribution in [2.75, 3.05) is 23.3 Å². The van der Waals surface area contributed by atoms with E-state index >= 15 is 0 Å². The van der Waals surface area contributed by atoms with E-state index in [9.17, 15) is 0 Å². The second-order valence-corrected chi connectivity index (χ2v) is 6.37. The lowest BCUT2D eigenvalue weighted by molar-refractivity contribution is 0.763. The summed E-state index contributed by atoms with van der Waals surface area (Å²) in [6, 6.07) is 0. The smallest absolute Gasteiger partial charge is 0.0503 e. The SMILES string of the molecule is CCCCC(SCCCl)SCCCl. The first-order valence-electron chi connectivity index (χ1n) is 4.70. The van der Waals surface area contributed by atoms with Gasteiger partial charge >= 0.3 is 0 Å². The van der Waals surface area contributed by atoms with Crippen molar-refractivity contribution in [2.24, 2.45) is 0 Å². The fraction of sp³-hybridized carbons (Fsp3) is 1.00. The number of alkyl halides is 2. The topological polar surface area (TPSA) is 0 Å². The largest absolute Gasteiger partial charge is 0.146 e. The predicted molar refractivity (Wildman–Crippen MR) is 69.7 cm³/mol. The summed E-state index contributed by atoms with van der Waals surface area (Å²) in [5.74, 6) is 3.64. The molecule has 0 aromatic heterocycles. The predicted octanol–water partition coefficient (Wildman–Crippen LogP) is 4.45. The van der Waals surface area contributed by atoms with E-state index < -0.39 is 0 Å². The van der Waals surface area contributed by atoms with Gasteiger partial charge in [0.1, 0.15) is 0 Å². The molecule has 0 N–H and O–H groups in total. The van der Waals surface area contributed by atoms with Gasteiger partial charge in [-0.2, -0.15) is 0 Å². The maximum Gasteiger partial charge on any atom is 0.0503 e. The van der Waals surface area contributed by atoms with Crippen LogP contribution in [0.5, 0.6) is 0 Å². The van der Waals surface area contributed by atoms with Gasteiger partial charge in [-0.3, -0.25) is 0 Å². The Hall–Kier alpha value is 1.28. The van der Waals surface area contributed by atoms with E-state index in [0.29, 0.717) is 4.58 Å². The molecular weight excluding hydrogens is 243 g/mol. The molecule has 0 rings (SSSR count). The van der Waals surface area contributed by atoms with Crippen molar-refractivity contribution in [3.05, 3.63) is 0 Å². The summed E-state index contributed by atoms with van der Waals surface area (Å²) >= 11 is 15.3.